The molecule has 0 spiro atoms. The third-order valence-electron chi connectivity index (χ3n) is 6.04. The quantitative estimate of drug-likeness (QED) is 0.119. The predicted octanol–water partition coefficient (Wildman–Crippen LogP) is -2.46. The van der Waals surface area contributed by atoms with Crippen molar-refractivity contribution >= 4 is 35.5 Å². The second-order valence-corrected chi connectivity index (χ2v) is 9.35. The topological polar surface area (TPSA) is 226 Å². The molecule has 0 unspecified atom stereocenters. The number of carbonyl (C=O) groups excluding carboxylic acids is 5. The molecule has 14 nitrogen and oxygen atoms in total. The van der Waals surface area contributed by atoms with Crippen LogP contribution < -0.4 is 32.7 Å². The summed E-state index contributed by atoms with van der Waals surface area (Å²) in [5.41, 5.74) is 11.0. The number of hydrogen-bond donors (Lipinski definition) is 7. The molecule has 14 heteroatoms. The summed E-state index contributed by atoms with van der Waals surface area (Å²) in [5, 5.41) is 19.0. The van der Waals surface area contributed by atoms with Crippen molar-refractivity contribution in [3.8, 4) is 0 Å². The van der Waals surface area contributed by atoms with Crippen molar-refractivity contribution in [2.45, 2.75) is 96.1 Å². The van der Waals surface area contributed by atoms with Crippen molar-refractivity contribution in [2.75, 3.05) is 13.1 Å². The zero-order valence-electron chi connectivity index (χ0n) is 21.9. The van der Waals surface area contributed by atoms with Gasteiger partial charge >= 0.3 is 5.97 Å². The number of carbonyl (C=O) groups is 6. The molecule has 1 saturated heterocycles. The first-order valence-corrected chi connectivity index (χ1v) is 12.5. The molecule has 0 bridgehead atoms. The molecular weight excluding hydrogens is 486 g/mol. The van der Waals surface area contributed by atoms with Crippen molar-refractivity contribution in [3.63, 3.8) is 0 Å². The van der Waals surface area contributed by atoms with Crippen LogP contribution in [-0.4, -0.2) is 94.9 Å². The first kappa shape index (κ1) is 31.8. The van der Waals surface area contributed by atoms with Gasteiger partial charge < -0.3 is 42.7 Å². The first-order chi connectivity index (χ1) is 17.3. The van der Waals surface area contributed by atoms with Crippen LogP contribution in [0, 0.1) is 0 Å². The van der Waals surface area contributed by atoms with E-state index in [1.165, 1.54) is 32.6 Å². The fraction of sp³-hybridized carbons (Fsp3) is 0.739. The number of amides is 5. The van der Waals surface area contributed by atoms with Crippen molar-refractivity contribution in [2.24, 2.45) is 11.5 Å². The Hall–Kier alpha value is -3.26. The Balaban J connectivity index is 2.79. The molecule has 1 fully saturated rings. The summed E-state index contributed by atoms with van der Waals surface area (Å²) >= 11 is 0. The first-order valence-electron chi connectivity index (χ1n) is 12.5. The lowest BCUT2D eigenvalue weighted by molar-refractivity contribution is -0.142. The zero-order chi connectivity index (χ0) is 28.3. The van der Waals surface area contributed by atoms with Gasteiger partial charge in [0.1, 0.15) is 30.2 Å². The molecule has 0 saturated carbocycles. The number of unbranched alkanes of at least 4 members (excludes halogenated alkanes) is 1. The maximum Gasteiger partial charge on any atom is 0.325 e. The molecule has 1 heterocycles. The molecule has 0 radical (unpaired) electrons. The zero-order valence-corrected chi connectivity index (χ0v) is 21.9. The monoisotopic (exact) mass is 527 g/mol. The van der Waals surface area contributed by atoms with Gasteiger partial charge in [-0.1, -0.05) is 0 Å². The number of rotatable bonds is 14. The number of nitrogens with one attached hydrogen (secondary N) is 4. The van der Waals surface area contributed by atoms with E-state index in [2.05, 4.69) is 21.3 Å². The molecule has 1 rings (SSSR count). The molecule has 0 aromatic rings. The Morgan fingerprint density at radius 1 is 0.865 bits per heavy atom. The standard InChI is InChI=1S/C23H41N7O7/c1-12(25)18(31)27-14(3)22(35)30-11-7-9-17(30)21(34)26-13(2)19(32)29-16(8-5-6-10-24)20(33)28-15(4)23(36)37/h12-17H,5-11,24-25H2,1-4H3,(H,26,34)(H,27,31)(H,28,33)(H,29,32)(H,36,37)/t12-,13-,14-,15-,16-,17-/m0/s1. The van der Waals surface area contributed by atoms with E-state index >= 15 is 0 Å². The van der Waals surface area contributed by atoms with Crippen LogP contribution in [0.3, 0.4) is 0 Å². The molecule has 0 aromatic carbocycles. The molecule has 9 N–H and O–H groups in total. The predicted molar refractivity (Wildman–Crippen MR) is 134 cm³/mol. The van der Waals surface area contributed by atoms with E-state index in [1.807, 2.05) is 0 Å². The van der Waals surface area contributed by atoms with Gasteiger partial charge in [-0.25, -0.2) is 0 Å². The Bertz CT molecular complexity index is 851. The summed E-state index contributed by atoms with van der Waals surface area (Å²) in [6.45, 7) is 6.46. The van der Waals surface area contributed by atoms with Gasteiger partial charge in [-0.2, -0.15) is 0 Å². The maximum atomic E-state index is 12.9. The fourth-order valence-corrected chi connectivity index (χ4v) is 3.77. The van der Waals surface area contributed by atoms with Crippen LogP contribution in [0.4, 0.5) is 0 Å². The molecule has 0 aliphatic carbocycles. The lowest BCUT2D eigenvalue weighted by Crippen LogP contribution is -2.57. The third-order valence-corrected chi connectivity index (χ3v) is 6.04. The average molecular weight is 528 g/mol. The van der Waals surface area contributed by atoms with Crippen LogP contribution in [0.1, 0.15) is 59.8 Å². The Labute approximate surface area is 216 Å². The van der Waals surface area contributed by atoms with Gasteiger partial charge in [0.15, 0.2) is 0 Å². The smallest absolute Gasteiger partial charge is 0.325 e. The number of nitrogens with zero attached hydrogens (tertiary/aromatic N) is 1. The Morgan fingerprint density at radius 2 is 1.49 bits per heavy atom. The number of aliphatic carboxylic acids is 1. The second-order valence-electron chi connectivity index (χ2n) is 9.35. The van der Waals surface area contributed by atoms with E-state index in [9.17, 15) is 28.8 Å². The van der Waals surface area contributed by atoms with Gasteiger partial charge in [-0.05, 0) is 66.3 Å². The van der Waals surface area contributed by atoms with Crippen LogP contribution >= 0.6 is 0 Å². The number of nitrogens with two attached hydrogens (primary N) is 2. The molecule has 210 valence electrons. The number of carboxylic acid groups (broad SMARTS) is 1. The van der Waals surface area contributed by atoms with Gasteiger partial charge in [0.2, 0.25) is 29.5 Å². The summed E-state index contributed by atoms with van der Waals surface area (Å²) in [7, 11) is 0. The number of carboxylic acids is 1. The maximum absolute atomic E-state index is 12.9. The van der Waals surface area contributed by atoms with Crippen LogP contribution in [0.5, 0.6) is 0 Å². The van der Waals surface area contributed by atoms with Gasteiger partial charge in [0.05, 0.1) is 6.04 Å². The largest absolute Gasteiger partial charge is 0.480 e. The molecule has 37 heavy (non-hydrogen) atoms. The van der Waals surface area contributed by atoms with E-state index < -0.39 is 71.8 Å². The van der Waals surface area contributed by atoms with E-state index in [1.54, 1.807) is 0 Å². The van der Waals surface area contributed by atoms with Crippen LogP contribution in [0.2, 0.25) is 0 Å². The van der Waals surface area contributed by atoms with E-state index in [4.69, 9.17) is 16.6 Å². The van der Waals surface area contributed by atoms with Gasteiger partial charge in [0, 0.05) is 6.54 Å². The highest BCUT2D eigenvalue weighted by Crippen LogP contribution is 2.19. The van der Waals surface area contributed by atoms with Gasteiger partial charge in [-0.3, -0.25) is 28.8 Å². The van der Waals surface area contributed by atoms with E-state index in [0.29, 0.717) is 38.8 Å². The summed E-state index contributed by atoms with van der Waals surface area (Å²) in [6.07, 6.45) is 2.32. The van der Waals surface area contributed by atoms with Crippen molar-refractivity contribution in [1.82, 2.24) is 26.2 Å². The molecule has 1 aliphatic heterocycles. The van der Waals surface area contributed by atoms with E-state index in [0.717, 1.165) is 0 Å². The minimum Gasteiger partial charge on any atom is -0.480 e. The van der Waals surface area contributed by atoms with Gasteiger partial charge in [0.25, 0.3) is 0 Å². The lowest BCUT2D eigenvalue weighted by Gasteiger charge is -2.28. The second kappa shape index (κ2) is 15.1. The van der Waals surface area contributed by atoms with Gasteiger partial charge in [-0.15, -0.1) is 0 Å². The lowest BCUT2D eigenvalue weighted by atomic mass is 10.1. The minimum absolute atomic E-state index is 0.234. The molecule has 0 aromatic heterocycles. The molecular formula is C23H41N7O7. The number of likely N-dealkylation sites (tertiary alicyclic amines) is 1. The van der Waals surface area contributed by atoms with Crippen LogP contribution in [0.25, 0.3) is 0 Å². The highest BCUT2D eigenvalue weighted by molar-refractivity contribution is 5.96. The molecule has 6 atom stereocenters. The summed E-state index contributed by atoms with van der Waals surface area (Å²) < 4.78 is 0. The number of hydrogen-bond acceptors (Lipinski definition) is 8. The van der Waals surface area contributed by atoms with Crippen LogP contribution in [0.15, 0.2) is 0 Å². The Morgan fingerprint density at radius 3 is 2.05 bits per heavy atom. The molecule has 1 aliphatic rings. The average Bonchev–Trinajstić information content (AvgIpc) is 3.32. The van der Waals surface area contributed by atoms with Crippen LogP contribution in [-0.2, 0) is 28.8 Å². The fourth-order valence-electron chi connectivity index (χ4n) is 3.77. The molecule has 5 amide bonds. The summed E-state index contributed by atoms with van der Waals surface area (Å²) in [6, 6.07) is -5.70. The minimum atomic E-state index is -1.22. The van der Waals surface area contributed by atoms with Crippen molar-refractivity contribution in [3.05, 3.63) is 0 Å². The van der Waals surface area contributed by atoms with Crippen molar-refractivity contribution < 1.29 is 33.9 Å². The summed E-state index contributed by atoms with van der Waals surface area (Å²) in [4.78, 5) is 75.4. The van der Waals surface area contributed by atoms with Crippen molar-refractivity contribution in [1.29, 1.82) is 0 Å². The highest BCUT2D eigenvalue weighted by atomic mass is 16.4. The SMILES string of the molecule is C[C@H](N)C(=O)N[C@@H](C)C(=O)N1CCC[C@H]1C(=O)N[C@@H](C)C(=O)N[C@@H](CCCCN)C(=O)N[C@@H](C)C(=O)O. The summed E-state index contributed by atoms with van der Waals surface area (Å²) in [5.74, 6) is -3.99. The Kier molecular flexibility index (Phi) is 13.0. The third kappa shape index (κ3) is 9.96. The van der Waals surface area contributed by atoms with E-state index in [-0.39, 0.29) is 6.42 Å². The highest BCUT2D eigenvalue weighted by Gasteiger charge is 2.37. The normalized spacial score (nSPS) is 19.1.